The van der Waals surface area contributed by atoms with Gasteiger partial charge in [-0.1, -0.05) is 36.4 Å². The van der Waals surface area contributed by atoms with E-state index in [1.165, 1.54) is 18.0 Å². The number of nitrogens with zero attached hydrogens (tertiary/aromatic N) is 4. The maximum absolute atomic E-state index is 12.5. The van der Waals surface area contributed by atoms with E-state index in [9.17, 15) is 9.59 Å². The number of carbonyl (C=O) groups is 1. The smallest absolute Gasteiger partial charge is 0.262 e. The van der Waals surface area contributed by atoms with Crippen molar-refractivity contribution in [3.05, 3.63) is 46.4 Å². The van der Waals surface area contributed by atoms with Crippen molar-refractivity contribution < 1.29 is 4.79 Å². The summed E-state index contributed by atoms with van der Waals surface area (Å²) in [5, 5.41) is 5.19. The Morgan fingerprint density at radius 3 is 2.68 bits per heavy atom. The fourth-order valence-electron chi connectivity index (χ4n) is 3.32. The Labute approximate surface area is 167 Å². The van der Waals surface area contributed by atoms with Gasteiger partial charge >= 0.3 is 0 Å². The van der Waals surface area contributed by atoms with Crippen molar-refractivity contribution in [2.24, 2.45) is 5.92 Å². The number of amides is 1. The summed E-state index contributed by atoms with van der Waals surface area (Å²) >= 11 is 1.26. The molecule has 1 amide bonds. The van der Waals surface area contributed by atoms with Gasteiger partial charge < -0.3 is 9.88 Å². The number of H-pyrrole nitrogens is 1. The van der Waals surface area contributed by atoms with E-state index in [2.05, 4.69) is 22.0 Å². The quantitative estimate of drug-likeness (QED) is 0.541. The number of piperidine rings is 1. The maximum Gasteiger partial charge on any atom is 0.262 e. The van der Waals surface area contributed by atoms with Crippen LogP contribution in [0.25, 0.3) is 16.7 Å². The number of carbonyl (C=O) groups excluding carboxylic acids is 1. The summed E-state index contributed by atoms with van der Waals surface area (Å²) < 4.78 is 1.65. The molecular weight excluding hydrogens is 374 g/mol. The van der Waals surface area contributed by atoms with Crippen LogP contribution < -0.4 is 5.56 Å². The third kappa shape index (κ3) is 3.82. The zero-order chi connectivity index (χ0) is 19.7. The molecule has 2 aromatic heterocycles. The molecule has 4 rings (SSSR count). The lowest BCUT2D eigenvalue weighted by molar-refractivity contribution is -0.129. The molecule has 146 valence electrons. The molecule has 3 heterocycles. The summed E-state index contributed by atoms with van der Waals surface area (Å²) in [6.07, 6.45) is 3.62. The molecule has 1 saturated heterocycles. The molecule has 1 aliphatic rings. The minimum Gasteiger partial charge on any atom is -0.342 e. The first-order valence-corrected chi connectivity index (χ1v) is 10.5. The SMILES string of the molecule is Cc1ccc(-n2ncc3c(=O)[nH]c(SCC(=O)N4CCC(C)CC4)nc32)cc1. The van der Waals surface area contributed by atoms with Gasteiger partial charge in [-0.25, -0.2) is 9.67 Å². The number of aryl methyl sites for hydroxylation is 1. The lowest BCUT2D eigenvalue weighted by atomic mass is 9.99. The summed E-state index contributed by atoms with van der Waals surface area (Å²) in [7, 11) is 0. The molecule has 0 bridgehead atoms. The van der Waals surface area contributed by atoms with Gasteiger partial charge in [-0.2, -0.15) is 5.10 Å². The molecule has 0 atom stereocenters. The number of nitrogens with one attached hydrogen (secondary N) is 1. The predicted molar refractivity (Wildman–Crippen MR) is 110 cm³/mol. The summed E-state index contributed by atoms with van der Waals surface area (Å²) in [6.45, 7) is 5.85. The third-order valence-electron chi connectivity index (χ3n) is 5.16. The van der Waals surface area contributed by atoms with Crippen molar-refractivity contribution in [2.45, 2.75) is 31.8 Å². The zero-order valence-electron chi connectivity index (χ0n) is 16.0. The molecule has 3 aromatic rings. The van der Waals surface area contributed by atoms with E-state index < -0.39 is 0 Å². The van der Waals surface area contributed by atoms with Gasteiger partial charge in [-0.05, 0) is 37.8 Å². The summed E-state index contributed by atoms with van der Waals surface area (Å²) in [4.78, 5) is 34.1. The molecule has 7 nitrogen and oxygen atoms in total. The number of benzene rings is 1. The van der Waals surface area contributed by atoms with Crippen molar-refractivity contribution >= 4 is 28.7 Å². The van der Waals surface area contributed by atoms with Gasteiger partial charge in [0.1, 0.15) is 5.39 Å². The summed E-state index contributed by atoms with van der Waals surface area (Å²) in [5.74, 6) is 1.03. The van der Waals surface area contributed by atoms with Gasteiger partial charge in [0.25, 0.3) is 5.56 Å². The number of hydrogen-bond donors (Lipinski definition) is 1. The zero-order valence-corrected chi connectivity index (χ0v) is 16.8. The highest BCUT2D eigenvalue weighted by molar-refractivity contribution is 7.99. The van der Waals surface area contributed by atoms with Gasteiger partial charge in [-0.15, -0.1) is 0 Å². The first-order valence-electron chi connectivity index (χ1n) is 9.47. The minimum absolute atomic E-state index is 0.0895. The van der Waals surface area contributed by atoms with Gasteiger partial charge in [0, 0.05) is 13.1 Å². The maximum atomic E-state index is 12.5. The van der Waals surface area contributed by atoms with E-state index in [0.29, 0.717) is 22.1 Å². The Bertz CT molecular complexity index is 1050. The van der Waals surface area contributed by atoms with Crippen molar-refractivity contribution in [2.75, 3.05) is 18.8 Å². The number of aromatic amines is 1. The van der Waals surface area contributed by atoms with Crippen LogP contribution in [0.15, 0.2) is 40.4 Å². The molecule has 0 radical (unpaired) electrons. The average molecular weight is 398 g/mol. The second kappa shape index (κ2) is 7.79. The molecule has 1 aromatic carbocycles. The number of thioether (sulfide) groups is 1. The van der Waals surface area contributed by atoms with Crippen LogP contribution in [0.3, 0.4) is 0 Å². The topological polar surface area (TPSA) is 83.9 Å². The van der Waals surface area contributed by atoms with Crippen LogP contribution in [-0.4, -0.2) is 49.4 Å². The van der Waals surface area contributed by atoms with E-state index >= 15 is 0 Å². The van der Waals surface area contributed by atoms with Gasteiger partial charge in [0.2, 0.25) is 5.91 Å². The second-order valence-electron chi connectivity index (χ2n) is 7.35. The Hall–Kier alpha value is -2.61. The number of rotatable bonds is 4. The normalized spacial score (nSPS) is 15.3. The Balaban J connectivity index is 1.55. The van der Waals surface area contributed by atoms with Gasteiger partial charge in [-0.3, -0.25) is 9.59 Å². The highest BCUT2D eigenvalue weighted by Crippen LogP contribution is 2.20. The lowest BCUT2D eigenvalue weighted by Crippen LogP contribution is -2.38. The third-order valence-corrected chi connectivity index (χ3v) is 6.02. The van der Waals surface area contributed by atoms with Crippen LogP contribution in [0.1, 0.15) is 25.3 Å². The molecular formula is C20H23N5O2S. The lowest BCUT2D eigenvalue weighted by Gasteiger charge is -2.30. The molecule has 1 N–H and O–H groups in total. The largest absolute Gasteiger partial charge is 0.342 e. The van der Waals surface area contributed by atoms with E-state index in [1.54, 1.807) is 4.68 Å². The summed E-state index contributed by atoms with van der Waals surface area (Å²) in [5.41, 5.74) is 2.24. The molecule has 8 heteroatoms. The van der Waals surface area contributed by atoms with E-state index in [0.717, 1.165) is 37.2 Å². The fourth-order valence-corrected chi connectivity index (χ4v) is 4.08. The van der Waals surface area contributed by atoms with Crippen LogP contribution in [0.4, 0.5) is 0 Å². The van der Waals surface area contributed by atoms with Crippen LogP contribution >= 0.6 is 11.8 Å². The standard InChI is InChI=1S/C20H23N5O2S/c1-13-3-5-15(6-4-13)25-18-16(11-21-25)19(27)23-20(22-18)28-12-17(26)24-9-7-14(2)8-10-24/h3-6,11,14H,7-10,12H2,1-2H3,(H,22,23,27). The molecule has 0 spiro atoms. The monoisotopic (exact) mass is 397 g/mol. The van der Waals surface area contributed by atoms with E-state index in [1.807, 2.05) is 36.1 Å². The van der Waals surface area contributed by atoms with Crippen LogP contribution in [0.5, 0.6) is 0 Å². The van der Waals surface area contributed by atoms with E-state index in [-0.39, 0.29) is 17.2 Å². The number of likely N-dealkylation sites (tertiary alicyclic amines) is 1. The predicted octanol–water partition coefficient (Wildman–Crippen LogP) is 2.77. The Kier molecular flexibility index (Phi) is 5.21. The van der Waals surface area contributed by atoms with Crippen LogP contribution in [-0.2, 0) is 4.79 Å². The number of aromatic nitrogens is 4. The number of hydrogen-bond acceptors (Lipinski definition) is 5. The molecule has 0 saturated carbocycles. The van der Waals surface area contributed by atoms with Crippen molar-refractivity contribution in [3.8, 4) is 5.69 Å². The first-order chi connectivity index (χ1) is 13.5. The molecule has 0 unspecified atom stereocenters. The van der Waals surface area contributed by atoms with Crippen molar-refractivity contribution in [3.63, 3.8) is 0 Å². The summed E-state index contributed by atoms with van der Waals surface area (Å²) in [6, 6.07) is 7.87. The average Bonchev–Trinajstić information content (AvgIpc) is 3.12. The van der Waals surface area contributed by atoms with Crippen molar-refractivity contribution in [1.29, 1.82) is 0 Å². The molecule has 0 aliphatic carbocycles. The van der Waals surface area contributed by atoms with Gasteiger partial charge in [0.05, 0.1) is 17.6 Å². The van der Waals surface area contributed by atoms with Gasteiger partial charge in [0.15, 0.2) is 10.8 Å². The minimum atomic E-state index is -0.245. The molecule has 1 fully saturated rings. The van der Waals surface area contributed by atoms with Crippen LogP contribution in [0, 0.1) is 12.8 Å². The molecule has 28 heavy (non-hydrogen) atoms. The Morgan fingerprint density at radius 1 is 1.25 bits per heavy atom. The first kappa shape index (κ1) is 18.7. The fraction of sp³-hybridized carbons (Fsp3) is 0.400. The van der Waals surface area contributed by atoms with E-state index in [4.69, 9.17) is 0 Å². The highest BCUT2D eigenvalue weighted by Gasteiger charge is 2.21. The van der Waals surface area contributed by atoms with Crippen molar-refractivity contribution in [1.82, 2.24) is 24.6 Å². The highest BCUT2D eigenvalue weighted by atomic mass is 32.2. The second-order valence-corrected chi connectivity index (χ2v) is 8.32. The Morgan fingerprint density at radius 2 is 1.96 bits per heavy atom. The molecule has 1 aliphatic heterocycles. The van der Waals surface area contributed by atoms with Crippen LogP contribution in [0.2, 0.25) is 0 Å². The number of fused-ring (bicyclic) bond motifs is 1.